The molecule has 0 saturated heterocycles. The fourth-order valence-corrected chi connectivity index (χ4v) is 1.76. The zero-order chi connectivity index (χ0) is 10.1. The molecule has 1 aliphatic rings. The molecule has 2 amide bonds. The second-order valence-corrected chi connectivity index (χ2v) is 5.13. The van der Waals surface area contributed by atoms with Gasteiger partial charge >= 0.3 is 6.03 Å². The van der Waals surface area contributed by atoms with Gasteiger partial charge in [-0.2, -0.15) is 5.10 Å². The summed E-state index contributed by atoms with van der Waals surface area (Å²) >= 11 is 0. The first-order chi connectivity index (χ1) is 5.88. The maximum atomic E-state index is 11.1. The van der Waals surface area contributed by atoms with Gasteiger partial charge in [0.05, 0.1) is 12.3 Å². The van der Waals surface area contributed by atoms with Crippen LogP contribution in [0.5, 0.6) is 0 Å². The van der Waals surface area contributed by atoms with Gasteiger partial charge in [0.1, 0.15) is 5.88 Å². The highest BCUT2D eigenvalue weighted by molar-refractivity contribution is 7.90. The van der Waals surface area contributed by atoms with Crippen molar-refractivity contribution < 1.29 is 13.2 Å². The number of hydrogen-bond acceptors (Lipinski definition) is 4. The normalized spacial score (nSPS) is 18.2. The van der Waals surface area contributed by atoms with E-state index in [1.54, 1.807) is 6.92 Å². The van der Waals surface area contributed by atoms with Gasteiger partial charge in [-0.25, -0.2) is 18.6 Å². The fraction of sp³-hybridized carbons (Fsp3) is 0.667. The van der Waals surface area contributed by atoms with E-state index in [1.165, 1.54) is 4.90 Å². The third kappa shape index (κ3) is 3.02. The Bertz CT molecular complexity index is 346. The van der Waals surface area contributed by atoms with Gasteiger partial charge < -0.3 is 4.90 Å². The molecule has 0 atom stereocenters. The molecule has 74 valence electrons. The molecular weight excluding hydrogens is 194 g/mol. The summed E-state index contributed by atoms with van der Waals surface area (Å²) in [7, 11) is -3.17. The summed E-state index contributed by atoms with van der Waals surface area (Å²) in [6.07, 6.45) is 1.08. The Morgan fingerprint density at radius 3 is 2.77 bits per heavy atom. The van der Waals surface area contributed by atoms with E-state index in [9.17, 15) is 13.2 Å². The third-order valence-electron chi connectivity index (χ3n) is 1.44. The monoisotopic (exact) mass is 205 g/mol. The quantitative estimate of drug-likeness (QED) is 0.653. The topological polar surface area (TPSA) is 78.8 Å². The largest absolute Gasteiger partial charge is 0.338 e. The van der Waals surface area contributed by atoms with Gasteiger partial charge in [0.2, 0.25) is 0 Å². The Morgan fingerprint density at radius 1 is 1.62 bits per heavy atom. The van der Waals surface area contributed by atoms with E-state index < -0.39 is 15.9 Å². The fourth-order valence-electron chi connectivity index (χ4n) is 0.985. The predicted molar refractivity (Wildman–Crippen MR) is 48.1 cm³/mol. The zero-order valence-electron chi connectivity index (χ0n) is 7.44. The molecule has 0 fully saturated rings. The summed E-state index contributed by atoms with van der Waals surface area (Å²) in [5.74, 6) is -0.272. The summed E-state index contributed by atoms with van der Waals surface area (Å²) in [6, 6.07) is -0.476. The summed E-state index contributed by atoms with van der Waals surface area (Å²) in [5.41, 5.74) is 2.90. The van der Waals surface area contributed by atoms with Gasteiger partial charge in [0.15, 0.2) is 9.84 Å². The Morgan fingerprint density at radius 2 is 2.23 bits per heavy atom. The van der Waals surface area contributed by atoms with Crippen LogP contribution in [-0.4, -0.2) is 43.7 Å². The number of carbonyl (C=O) groups excluding carboxylic acids is 1. The smallest absolute Gasteiger partial charge is 0.303 e. The molecule has 0 aromatic carbocycles. The van der Waals surface area contributed by atoms with Crippen molar-refractivity contribution in [2.24, 2.45) is 5.10 Å². The highest BCUT2D eigenvalue weighted by Crippen LogP contribution is 1.99. The average molecular weight is 205 g/mol. The SMILES string of the molecule is CC1=NNC(=O)N(CS(C)(=O)=O)C1. The van der Waals surface area contributed by atoms with Gasteiger partial charge in [-0.1, -0.05) is 0 Å². The Balaban J connectivity index is 2.72. The molecule has 0 radical (unpaired) electrons. The zero-order valence-corrected chi connectivity index (χ0v) is 8.26. The molecular formula is C6H11N3O3S. The lowest BCUT2D eigenvalue weighted by molar-refractivity contribution is 0.209. The second-order valence-electron chi connectivity index (χ2n) is 3.02. The second kappa shape index (κ2) is 3.33. The van der Waals surface area contributed by atoms with E-state index in [-0.39, 0.29) is 12.4 Å². The minimum atomic E-state index is -3.17. The molecule has 0 spiro atoms. The van der Waals surface area contributed by atoms with E-state index >= 15 is 0 Å². The molecule has 0 saturated carbocycles. The van der Waals surface area contributed by atoms with Crippen molar-refractivity contribution in [3.63, 3.8) is 0 Å². The Hall–Kier alpha value is -1.11. The number of nitrogens with one attached hydrogen (secondary N) is 1. The number of sulfone groups is 1. The van der Waals surface area contributed by atoms with Crippen LogP contribution in [0.15, 0.2) is 5.10 Å². The van der Waals surface area contributed by atoms with Crippen molar-refractivity contribution in [1.82, 2.24) is 10.3 Å². The van der Waals surface area contributed by atoms with Crippen LogP contribution < -0.4 is 5.43 Å². The van der Waals surface area contributed by atoms with Gasteiger partial charge in [0, 0.05) is 6.26 Å². The number of amides is 2. The van der Waals surface area contributed by atoms with E-state index in [0.717, 1.165) is 6.26 Å². The molecule has 7 heteroatoms. The van der Waals surface area contributed by atoms with Crippen LogP contribution >= 0.6 is 0 Å². The molecule has 0 aliphatic carbocycles. The Kier molecular flexibility index (Phi) is 2.55. The van der Waals surface area contributed by atoms with Crippen LogP contribution in [0.1, 0.15) is 6.92 Å². The van der Waals surface area contributed by atoms with Crippen molar-refractivity contribution in [2.75, 3.05) is 18.7 Å². The number of urea groups is 1. The summed E-state index contributed by atoms with van der Waals surface area (Å²) < 4.78 is 21.8. The standard InChI is InChI=1S/C6H11N3O3S/c1-5-3-9(4-13(2,11)12)6(10)8-7-5/h3-4H2,1-2H3,(H,8,10). The lowest BCUT2D eigenvalue weighted by atomic mass is 10.4. The minimum Gasteiger partial charge on any atom is -0.303 e. The number of hydrogen-bond donors (Lipinski definition) is 1. The lowest BCUT2D eigenvalue weighted by Gasteiger charge is -2.24. The number of nitrogens with zero attached hydrogens (tertiary/aromatic N) is 2. The molecule has 1 N–H and O–H groups in total. The van der Waals surface area contributed by atoms with Crippen molar-refractivity contribution >= 4 is 21.6 Å². The van der Waals surface area contributed by atoms with E-state index in [4.69, 9.17) is 0 Å². The molecule has 0 unspecified atom stereocenters. The molecule has 1 aliphatic heterocycles. The van der Waals surface area contributed by atoms with Crippen LogP contribution in [0.25, 0.3) is 0 Å². The van der Waals surface area contributed by atoms with E-state index in [2.05, 4.69) is 10.5 Å². The van der Waals surface area contributed by atoms with Crippen LogP contribution in [0.4, 0.5) is 4.79 Å². The molecule has 13 heavy (non-hydrogen) atoms. The first-order valence-electron chi connectivity index (χ1n) is 3.64. The number of carbonyl (C=O) groups is 1. The van der Waals surface area contributed by atoms with Crippen LogP contribution in [0.2, 0.25) is 0 Å². The first-order valence-corrected chi connectivity index (χ1v) is 5.70. The lowest BCUT2D eigenvalue weighted by Crippen LogP contribution is -2.47. The number of rotatable bonds is 2. The van der Waals surface area contributed by atoms with Crippen LogP contribution in [0.3, 0.4) is 0 Å². The van der Waals surface area contributed by atoms with Gasteiger partial charge in [-0.3, -0.25) is 0 Å². The predicted octanol–water partition coefficient (Wildman–Crippen LogP) is -0.610. The summed E-state index contributed by atoms with van der Waals surface area (Å²) in [5, 5.41) is 3.67. The highest BCUT2D eigenvalue weighted by Gasteiger charge is 2.21. The first kappa shape index (κ1) is 9.97. The molecule has 1 heterocycles. The maximum Gasteiger partial charge on any atom is 0.338 e. The third-order valence-corrected chi connectivity index (χ3v) is 2.22. The molecule has 6 nitrogen and oxygen atoms in total. The van der Waals surface area contributed by atoms with Gasteiger partial charge in [-0.05, 0) is 6.92 Å². The van der Waals surface area contributed by atoms with Gasteiger partial charge in [-0.15, -0.1) is 0 Å². The Labute approximate surface area is 76.5 Å². The van der Waals surface area contributed by atoms with Crippen molar-refractivity contribution in [1.29, 1.82) is 0 Å². The summed E-state index contributed by atoms with van der Waals surface area (Å²) in [6.45, 7) is 1.98. The van der Waals surface area contributed by atoms with Crippen molar-refractivity contribution in [3.8, 4) is 0 Å². The highest BCUT2D eigenvalue weighted by atomic mass is 32.2. The number of hydrazone groups is 1. The molecule has 0 aromatic rings. The average Bonchev–Trinajstić information content (AvgIpc) is 1.94. The van der Waals surface area contributed by atoms with Crippen molar-refractivity contribution in [3.05, 3.63) is 0 Å². The molecule has 1 rings (SSSR count). The van der Waals surface area contributed by atoms with Gasteiger partial charge in [0.25, 0.3) is 0 Å². The summed E-state index contributed by atoms with van der Waals surface area (Å²) in [4.78, 5) is 12.3. The van der Waals surface area contributed by atoms with E-state index in [0.29, 0.717) is 5.71 Å². The van der Waals surface area contributed by atoms with Crippen LogP contribution in [0, 0.1) is 0 Å². The van der Waals surface area contributed by atoms with Crippen molar-refractivity contribution in [2.45, 2.75) is 6.92 Å². The molecule has 0 bridgehead atoms. The van der Waals surface area contributed by atoms with Crippen LogP contribution in [-0.2, 0) is 9.84 Å². The van der Waals surface area contributed by atoms with E-state index in [1.807, 2.05) is 0 Å². The molecule has 0 aromatic heterocycles. The maximum absolute atomic E-state index is 11.1. The minimum absolute atomic E-state index is 0.263.